The number of ether oxygens (including phenoxy) is 1. The number of carbonyl (C=O) groups is 2. The molecule has 4 rings (SSSR count). The van der Waals surface area contributed by atoms with Gasteiger partial charge in [-0.3, -0.25) is 14.5 Å². The van der Waals surface area contributed by atoms with Gasteiger partial charge in [0, 0.05) is 10.9 Å². The standard InChI is InChI=1S/C24H26ClN3O3S2/c1-3-21(22(29)26-15-7-4-5-8-15)33-24-27-19(14-17-9-6-12-32-17)23(30)28(24)16-10-11-20(31-2)18(25)13-16/h6,9-15,21H,3-5,7-8H2,1-2H3,(H,26,29). The summed E-state index contributed by atoms with van der Waals surface area (Å²) >= 11 is 9.19. The quantitative estimate of drug-likeness (QED) is 0.490. The number of methoxy groups -OCH3 is 1. The summed E-state index contributed by atoms with van der Waals surface area (Å²) in [6.07, 6.45) is 6.75. The molecule has 1 aliphatic heterocycles. The second-order valence-corrected chi connectivity index (χ2v) is 10.5. The Morgan fingerprint density at radius 3 is 2.82 bits per heavy atom. The lowest BCUT2D eigenvalue weighted by Gasteiger charge is -2.22. The molecule has 0 spiro atoms. The Kier molecular flexibility index (Phi) is 7.78. The van der Waals surface area contributed by atoms with Gasteiger partial charge in [0.2, 0.25) is 5.91 Å². The number of carbonyl (C=O) groups excluding carboxylic acids is 2. The molecule has 1 atom stereocenters. The number of aliphatic imine (C=N–C) groups is 1. The van der Waals surface area contributed by atoms with Gasteiger partial charge in [-0.1, -0.05) is 49.2 Å². The highest BCUT2D eigenvalue weighted by molar-refractivity contribution is 8.15. The normalized spacial score (nSPS) is 18.6. The summed E-state index contributed by atoms with van der Waals surface area (Å²) in [7, 11) is 1.54. The number of amides is 2. The molecule has 1 aliphatic carbocycles. The largest absolute Gasteiger partial charge is 0.495 e. The lowest BCUT2D eigenvalue weighted by Crippen LogP contribution is -2.40. The molecule has 2 aliphatic rings. The van der Waals surface area contributed by atoms with Crippen molar-refractivity contribution in [1.82, 2.24) is 5.32 Å². The summed E-state index contributed by atoms with van der Waals surface area (Å²) in [6.45, 7) is 1.97. The number of amidine groups is 1. The molecule has 1 unspecified atom stereocenters. The van der Waals surface area contributed by atoms with Crippen LogP contribution in [0.1, 0.15) is 43.9 Å². The summed E-state index contributed by atoms with van der Waals surface area (Å²) in [5, 5.41) is 5.64. The van der Waals surface area contributed by atoms with E-state index < -0.39 is 0 Å². The van der Waals surface area contributed by atoms with Crippen molar-refractivity contribution in [3.05, 3.63) is 51.3 Å². The van der Waals surface area contributed by atoms with Crippen LogP contribution in [0.5, 0.6) is 5.75 Å². The average molecular weight is 504 g/mol. The van der Waals surface area contributed by atoms with E-state index in [2.05, 4.69) is 10.3 Å². The first-order valence-corrected chi connectivity index (χ1v) is 13.1. The molecule has 174 valence electrons. The number of thiophene rings is 1. The van der Waals surface area contributed by atoms with E-state index in [0.717, 1.165) is 30.6 Å². The first-order valence-electron chi connectivity index (χ1n) is 11.0. The molecule has 2 aromatic rings. The van der Waals surface area contributed by atoms with Crippen molar-refractivity contribution in [3.8, 4) is 5.75 Å². The van der Waals surface area contributed by atoms with Gasteiger partial charge in [-0.05, 0) is 55.0 Å². The molecule has 1 fully saturated rings. The number of hydrogen-bond donors (Lipinski definition) is 1. The fourth-order valence-corrected chi connectivity index (χ4v) is 5.86. The Hall–Kier alpha value is -2.29. The Balaban J connectivity index is 1.63. The monoisotopic (exact) mass is 503 g/mol. The first kappa shape index (κ1) is 23.9. The SMILES string of the molecule is CCC(SC1=NC(=Cc2cccs2)C(=O)N1c1ccc(OC)c(Cl)c1)C(=O)NC1CCCC1. The number of benzene rings is 1. The molecule has 0 radical (unpaired) electrons. The highest BCUT2D eigenvalue weighted by Crippen LogP contribution is 2.36. The van der Waals surface area contributed by atoms with Crippen LogP contribution < -0.4 is 15.0 Å². The predicted molar refractivity (Wildman–Crippen MR) is 137 cm³/mol. The zero-order valence-electron chi connectivity index (χ0n) is 18.5. The maximum atomic E-state index is 13.4. The minimum atomic E-state index is -0.352. The fourth-order valence-electron chi connectivity index (χ4n) is 3.92. The van der Waals surface area contributed by atoms with E-state index in [0.29, 0.717) is 33.7 Å². The minimum Gasteiger partial charge on any atom is -0.495 e. The number of anilines is 1. The second-order valence-electron chi connectivity index (χ2n) is 7.90. The Morgan fingerprint density at radius 1 is 1.39 bits per heavy atom. The van der Waals surface area contributed by atoms with Crippen LogP contribution in [-0.4, -0.2) is 35.4 Å². The van der Waals surface area contributed by atoms with E-state index in [1.165, 1.54) is 28.0 Å². The van der Waals surface area contributed by atoms with Crippen LogP contribution in [0.25, 0.3) is 6.08 Å². The van der Waals surface area contributed by atoms with Crippen molar-refractivity contribution in [2.24, 2.45) is 4.99 Å². The van der Waals surface area contributed by atoms with E-state index in [1.807, 2.05) is 24.4 Å². The summed E-state index contributed by atoms with van der Waals surface area (Å²) in [6, 6.07) is 9.28. The molecule has 1 aromatic heterocycles. The third-order valence-corrected chi connectivity index (χ3v) is 8.09. The number of hydrogen-bond acceptors (Lipinski definition) is 6. The van der Waals surface area contributed by atoms with Crippen molar-refractivity contribution in [2.75, 3.05) is 12.0 Å². The van der Waals surface area contributed by atoms with Gasteiger partial charge in [-0.15, -0.1) is 11.3 Å². The molecular formula is C24H26ClN3O3S2. The number of nitrogens with zero attached hydrogens (tertiary/aromatic N) is 2. The van der Waals surface area contributed by atoms with Crippen molar-refractivity contribution in [1.29, 1.82) is 0 Å². The Bertz CT molecular complexity index is 1080. The van der Waals surface area contributed by atoms with Crippen LogP contribution >= 0.6 is 34.7 Å². The van der Waals surface area contributed by atoms with E-state index in [9.17, 15) is 9.59 Å². The van der Waals surface area contributed by atoms with Crippen molar-refractivity contribution < 1.29 is 14.3 Å². The number of nitrogens with one attached hydrogen (secondary N) is 1. The maximum Gasteiger partial charge on any atom is 0.283 e. The molecule has 0 bridgehead atoms. The van der Waals surface area contributed by atoms with Crippen molar-refractivity contribution in [3.63, 3.8) is 0 Å². The van der Waals surface area contributed by atoms with Gasteiger partial charge in [0.15, 0.2) is 5.17 Å². The Morgan fingerprint density at radius 2 is 2.18 bits per heavy atom. The second kappa shape index (κ2) is 10.8. The molecule has 9 heteroatoms. The summed E-state index contributed by atoms with van der Waals surface area (Å²) in [5.41, 5.74) is 0.913. The summed E-state index contributed by atoms with van der Waals surface area (Å²) < 4.78 is 5.25. The molecule has 6 nitrogen and oxygen atoms in total. The van der Waals surface area contributed by atoms with Gasteiger partial charge in [0.1, 0.15) is 11.4 Å². The van der Waals surface area contributed by atoms with Gasteiger partial charge < -0.3 is 10.1 Å². The smallest absolute Gasteiger partial charge is 0.283 e. The van der Waals surface area contributed by atoms with Gasteiger partial charge in [0.05, 0.1) is 23.1 Å². The third-order valence-electron chi connectivity index (χ3n) is 5.66. The van der Waals surface area contributed by atoms with Crippen LogP contribution in [0.15, 0.2) is 46.4 Å². The lowest BCUT2D eigenvalue weighted by molar-refractivity contribution is -0.121. The van der Waals surface area contributed by atoms with Crippen molar-refractivity contribution >= 4 is 63.4 Å². The predicted octanol–water partition coefficient (Wildman–Crippen LogP) is 5.72. The number of halogens is 1. The van der Waals surface area contributed by atoms with Crippen LogP contribution in [0.4, 0.5) is 5.69 Å². The van der Waals surface area contributed by atoms with Crippen LogP contribution in [0, 0.1) is 0 Å². The molecule has 1 aromatic carbocycles. The molecule has 2 amide bonds. The van der Waals surface area contributed by atoms with Gasteiger partial charge >= 0.3 is 0 Å². The van der Waals surface area contributed by atoms with E-state index >= 15 is 0 Å². The summed E-state index contributed by atoms with van der Waals surface area (Å²) in [5.74, 6) is 0.265. The van der Waals surface area contributed by atoms with E-state index in [-0.39, 0.29) is 23.1 Å². The molecule has 1 N–H and O–H groups in total. The van der Waals surface area contributed by atoms with Crippen LogP contribution in [-0.2, 0) is 9.59 Å². The lowest BCUT2D eigenvalue weighted by atomic mass is 10.2. The first-order chi connectivity index (χ1) is 16.0. The minimum absolute atomic E-state index is 0.00653. The molecule has 2 heterocycles. The molecule has 33 heavy (non-hydrogen) atoms. The van der Waals surface area contributed by atoms with Crippen LogP contribution in [0.3, 0.4) is 0 Å². The van der Waals surface area contributed by atoms with Gasteiger partial charge in [-0.25, -0.2) is 4.99 Å². The van der Waals surface area contributed by atoms with E-state index in [4.69, 9.17) is 16.3 Å². The molecular weight excluding hydrogens is 478 g/mol. The highest BCUT2D eigenvalue weighted by atomic mass is 35.5. The van der Waals surface area contributed by atoms with E-state index in [1.54, 1.807) is 31.4 Å². The maximum absolute atomic E-state index is 13.4. The molecule has 0 saturated heterocycles. The highest BCUT2D eigenvalue weighted by Gasteiger charge is 2.35. The van der Waals surface area contributed by atoms with Gasteiger partial charge in [0.25, 0.3) is 5.91 Å². The fraction of sp³-hybridized carbons (Fsp3) is 0.375. The average Bonchev–Trinajstić information content (AvgIpc) is 3.56. The number of thioether (sulfide) groups is 1. The van der Waals surface area contributed by atoms with Gasteiger partial charge in [-0.2, -0.15) is 0 Å². The zero-order valence-corrected chi connectivity index (χ0v) is 20.9. The zero-order chi connectivity index (χ0) is 23.4. The summed E-state index contributed by atoms with van der Waals surface area (Å²) in [4.78, 5) is 33.5. The number of rotatable bonds is 7. The topological polar surface area (TPSA) is 71.0 Å². The Labute approximate surface area is 207 Å². The van der Waals surface area contributed by atoms with Crippen LogP contribution in [0.2, 0.25) is 5.02 Å². The van der Waals surface area contributed by atoms with Crippen molar-refractivity contribution in [2.45, 2.75) is 50.3 Å². The third kappa shape index (κ3) is 5.45. The molecule has 1 saturated carbocycles.